The molecule has 0 aliphatic carbocycles. The van der Waals surface area contributed by atoms with Crippen molar-refractivity contribution in [1.29, 1.82) is 0 Å². The van der Waals surface area contributed by atoms with Crippen molar-refractivity contribution in [1.82, 2.24) is 0 Å². The van der Waals surface area contributed by atoms with E-state index >= 15 is 4.57 Å². The summed E-state index contributed by atoms with van der Waals surface area (Å²) in [7, 11) is -9.40. The minimum atomic E-state index is -4.89. The van der Waals surface area contributed by atoms with E-state index in [2.05, 4.69) is 0 Å². The Kier molecular flexibility index (Phi) is 17.3. The van der Waals surface area contributed by atoms with Crippen molar-refractivity contribution in [2.45, 2.75) is 91.2 Å². The SMILES string of the molecule is CC(=O)OC[C@@H](OC(C)=O)C1O[C@@H](OP(=O)(CP(=O)(OCc2ccccc2)OCc2ccccc2)OCc2ccccc2)C(OC(C)=O)C(OC(C)=O)[C@@H]1OC(C)=O. The van der Waals surface area contributed by atoms with Crippen LogP contribution < -0.4 is 0 Å². The Morgan fingerprint density at radius 3 is 1.38 bits per heavy atom. The van der Waals surface area contributed by atoms with Crippen LogP contribution in [0.25, 0.3) is 0 Å². The zero-order valence-corrected chi connectivity index (χ0v) is 34.3. The molecule has 19 heteroatoms. The summed E-state index contributed by atoms with van der Waals surface area (Å²) in [5.74, 6) is -5.58. The van der Waals surface area contributed by atoms with Crippen molar-refractivity contribution in [2.75, 3.05) is 12.5 Å². The van der Waals surface area contributed by atoms with E-state index in [0.717, 1.165) is 34.6 Å². The van der Waals surface area contributed by atoms with Gasteiger partial charge in [0.25, 0.3) is 0 Å². The first-order chi connectivity index (χ1) is 27.5. The van der Waals surface area contributed by atoms with Gasteiger partial charge in [-0.05, 0) is 16.7 Å². The summed E-state index contributed by atoms with van der Waals surface area (Å²) < 4.78 is 87.2. The van der Waals surface area contributed by atoms with E-state index in [-0.39, 0.29) is 19.8 Å². The fourth-order valence-electron chi connectivity index (χ4n) is 5.63. The highest BCUT2D eigenvalue weighted by Crippen LogP contribution is 2.66. The van der Waals surface area contributed by atoms with Crippen LogP contribution in [0.15, 0.2) is 91.0 Å². The monoisotopic (exact) mass is 848 g/mol. The van der Waals surface area contributed by atoms with Crippen LogP contribution in [0.3, 0.4) is 0 Å². The molecule has 4 unspecified atom stereocenters. The summed E-state index contributed by atoms with van der Waals surface area (Å²) in [6.07, 6.45) is -10.7. The second kappa shape index (κ2) is 21.9. The lowest BCUT2D eigenvalue weighted by Gasteiger charge is -2.46. The average Bonchev–Trinajstić information content (AvgIpc) is 3.17. The molecule has 3 aromatic rings. The molecule has 1 aliphatic heterocycles. The third kappa shape index (κ3) is 14.9. The molecule has 58 heavy (non-hydrogen) atoms. The van der Waals surface area contributed by atoms with Crippen LogP contribution >= 0.6 is 15.2 Å². The quantitative estimate of drug-likeness (QED) is 0.0723. The maximum atomic E-state index is 15.2. The molecule has 1 fully saturated rings. The molecule has 0 amide bonds. The Balaban J connectivity index is 1.83. The second-order valence-electron chi connectivity index (χ2n) is 12.9. The highest BCUT2D eigenvalue weighted by Gasteiger charge is 2.57. The smallest absolute Gasteiger partial charge is 0.345 e. The number of benzene rings is 3. The molecule has 17 nitrogen and oxygen atoms in total. The zero-order chi connectivity index (χ0) is 42.3. The lowest BCUT2D eigenvalue weighted by molar-refractivity contribution is -0.300. The summed E-state index contributed by atoms with van der Waals surface area (Å²) in [6.45, 7) is 3.61. The van der Waals surface area contributed by atoms with E-state index in [1.807, 2.05) is 0 Å². The highest BCUT2D eigenvalue weighted by atomic mass is 31.2. The van der Waals surface area contributed by atoms with Gasteiger partial charge in [0.15, 0.2) is 30.3 Å². The first kappa shape index (κ1) is 46.0. The fraction of sp³-hybridized carbons (Fsp3) is 0.410. The van der Waals surface area contributed by atoms with Crippen LogP contribution in [0.2, 0.25) is 0 Å². The van der Waals surface area contributed by atoms with Gasteiger partial charge in [0.05, 0.1) is 19.8 Å². The standard InChI is InChI=1S/C39H46O17P2/c1-26(40)47-24-34(51-27(2)41)35-36(52-28(3)42)37(53-29(4)43)38(54-30(5)44)39(55-35)56-58(46,50-23-33-19-13-8-14-20-33)25-57(45,48-21-31-15-9-6-10-16-31)49-22-32-17-11-7-12-18-32/h6-20,34-39H,21-25H2,1-5H3/t34-,35?,36-,37?,38?,39+,58?/m1/s1. The topological polar surface area (TPSA) is 212 Å². The lowest BCUT2D eigenvalue weighted by Crippen LogP contribution is -2.65. The Labute approximate surface area is 335 Å². The first-order valence-corrected chi connectivity index (χ1v) is 21.4. The molecule has 3 aromatic carbocycles. The minimum absolute atomic E-state index is 0.248. The minimum Gasteiger partial charge on any atom is -0.462 e. The Morgan fingerprint density at radius 1 is 0.552 bits per heavy atom. The third-order valence-electron chi connectivity index (χ3n) is 7.99. The van der Waals surface area contributed by atoms with Crippen molar-refractivity contribution in [3.05, 3.63) is 108 Å². The molecule has 0 bridgehead atoms. The number of ether oxygens (including phenoxy) is 6. The Hall–Kier alpha value is -4.73. The number of hydrogen-bond donors (Lipinski definition) is 0. The predicted molar refractivity (Wildman–Crippen MR) is 202 cm³/mol. The molecule has 0 aromatic heterocycles. The van der Waals surface area contributed by atoms with Crippen LogP contribution in [-0.2, 0) is 99.4 Å². The highest BCUT2D eigenvalue weighted by molar-refractivity contribution is 7.71. The van der Waals surface area contributed by atoms with Crippen molar-refractivity contribution in [2.24, 2.45) is 0 Å². The molecule has 314 valence electrons. The number of rotatable bonds is 20. The van der Waals surface area contributed by atoms with Gasteiger partial charge in [-0.2, -0.15) is 0 Å². The molecule has 1 aliphatic rings. The van der Waals surface area contributed by atoms with Crippen LogP contribution in [0.1, 0.15) is 51.3 Å². The summed E-state index contributed by atoms with van der Waals surface area (Å²) in [5.41, 5.74) is 1.72. The van der Waals surface area contributed by atoms with Crippen molar-refractivity contribution < 1.29 is 79.6 Å². The molecule has 4 rings (SSSR count). The molecular weight excluding hydrogens is 802 g/mol. The Morgan fingerprint density at radius 2 is 0.966 bits per heavy atom. The van der Waals surface area contributed by atoms with Crippen LogP contribution in [0.4, 0.5) is 0 Å². The first-order valence-electron chi connectivity index (χ1n) is 17.9. The van der Waals surface area contributed by atoms with Gasteiger partial charge >= 0.3 is 45.0 Å². The molecule has 0 spiro atoms. The van der Waals surface area contributed by atoms with E-state index < -0.39 is 94.4 Å². The maximum Gasteiger partial charge on any atom is 0.345 e. The van der Waals surface area contributed by atoms with Crippen LogP contribution in [-0.4, -0.2) is 79.2 Å². The normalized spacial score (nSPS) is 20.7. The largest absolute Gasteiger partial charge is 0.462 e. The second-order valence-corrected chi connectivity index (χ2v) is 17.4. The molecule has 0 N–H and O–H groups in total. The summed E-state index contributed by atoms with van der Waals surface area (Å²) in [5, 5.41) is 0. The van der Waals surface area contributed by atoms with E-state index in [9.17, 15) is 28.5 Å². The summed E-state index contributed by atoms with van der Waals surface area (Å²) in [6, 6.07) is 25.8. The van der Waals surface area contributed by atoms with Crippen molar-refractivity contribution in [3.63, 3.8) is 0 Å². The molecule has 1 saturated heterocycles. The van der Waals surface area contributed by atoms with Crippen LogP contribution in [0, 0.1) is 0 Å². The predicted octanol–water partition coefficient (Wildman–Crippen LogP) is 6.01. The van der Waals surface area contributed by atoms with Gasteiger partial charge in [-0.15, -0.1) is 0 Å². The molecular formula is C39H46O17P2. The van der Waals surface area contributed by atoms with Gasteiger partial charge in [-0.3, -0.25) is 37.6 Å². The van der Waals surface area contributed by atoms with Gasteiger partial charge in [-0.25, -0.2) is 0 Å². The van der Waals surface area contributed by atoms with Crippen molar-refractivity contribution in [3.8, 4) is 0 Å². The number of hydrogen-bond acceptors (Lipinski definition) is 17. The number of carbonyl (C=O) groups excluding carboxylic acids is 5. The maximum absolute atomic E-state index is 15.2. The number of carbonyl (C=O) groups is 5. The van der Waals surface area contributed by atoms with Gasteiger partial charge < -0.3 is 42.0 Å². The fourth-order valence-corrected chi connectivity index (χ4v) is 10.2. The molecule has 0 radical (unpaired) electrons. The Bertz CT molecular complexity index is 1880. The number of esters is 5. The molecule has 1 heterocycles. The summed E-state index contributed by atoms with van der Waals surface area (Å²) >= 11 is 0. The van der Waals surface area contributed by atoms with Gasteiger partial charge in [0.2, 0.25) is 6.29 Å². The van der Waals surface area contributed by atoms with E-state index in [1.54, 1.807) is 91.0 Å². The summed E-state index contributed by atoms with van der Waals surface area (Å²) in [4.78, 5) is 61.8. The third-order valence-corrected chi connectivity index (χ3v) is 12.9. The molecule has 0 saturated carbocycles. The van der Waals surface area contributed by atoms with Crippen molar-refractivity contribution >= 4 is 45.0 Å². The van der Waals surface area contributed by atoms with E-state index in [4.69, 9.17) is 46.5 Å². The van der Waals surface area contributed by atoms with E-state index in [1.165, 1.54) is 0 Å². The van der Waals surface area contributed by atoms with Gasteiger partial charge in [-0.1, -0.05) is 91.0 Å². The lowest BCUT2D eigenvalue weighted by atomic mass is 9.94. The zero-order valence-electron chi connectivity index (χ0n) is 32.5. The van der Waals surface area contributed by atoms with Crippen LogP contribution in [0.5, 0.6) is 0 Å². The molecule has 7 atom stereocenters. The van der Waals surface area contributed by atoms with Gasteiger partial charge in [0, 0.05) is 34.6 Å². The average molecular weight is 849 g/mol. The van der Waals surface area contributed by atoms with E-state index in [0.29, 0.717) is 16.7 Å². The van der Waals surface area contributed by atoms with Gasteiger partial charge in [0.1, 0.15) is 12.7 Å².